The molecule has 2 atom stereocenters. The molecule has 6 heteroatoms. The maximum atomic E-state index is 12.6. The molecule has 3 N–H and O–H groups in total. The fraction of sp³-hybridized carbons (Fsp3) is 0.897. The van der Waals surface area contributed by atoms with Crippen molar-refractivity contribution in [1.82, 2.24) is 5.32 Å². The predicted molar refractivity (Wildman–Crippen MR) is 370 cm³/mol. The van der Waals surface area contributed by atoms with Crippen LogP contribution < -0.4 is 5.32 Å². The van der Waals surface area contributed by atoms with Crippen LogP contribution in [0.1, 0.15) is 425 Å². The number of amides is 1. The molecule has 0 saturated carbocycles. The Labute approximate surface area is 525 Å². The number of hydrogen-bond donors (Lipinski definition) is 3. The van der Waals surface area contributed by atoms with Gasteiger partial charge in [0.1, 0.15) is 0 Å². The fourth-order valence-electron chi connectivity index (χ4n) is 12.1. The topological polar surface area (TPSA) is 95.9 Å². The summed E-state index contributed by atoms with van der Waals surface area (Å²) in [6.07, 6.45) is 95.4. The summed E-state index contributed by atoms with van der Waals surface area (Å²) in [5.41, 5.74) is 0. The van der Waals surface area contributed by atoms with Crippen molar-refractivity contribution in [2.75, 3.05) is 13.2 Å². The van der Waals surface area contributed by atoms with Gasteiger partial charge in [-0.1, -0.05) is 391 Å². The van der Waals surface area contributed by atoms with Crippen LogP contribution in [0.3, 0.4) is 0 Å². The molecule has 0 aromatic carbocycles. The van der Waals surface area contributed by atoms with Gasteiger partial charge < -0.3 is 20.3 Å². The van der Waals surface area contributed by atoms with Crippen LogP contribution in [-0.2, 0) is 14.3 Å². The van der Waals surface area contributed by atoms with E-state index in [-0.39, 0.29) is 18.5 Å². The van der Waals surface area contributed by atoms with Crippen molar-refractivity contribution in [3.05, 3.63) is 36.5 Å². The standard InChI is InChI=1S/C78H149NO5/c1-3-5-7-9-11-13-15-17-18-19-20-21-22-28-31-34-37-40-43-47-50-54-58-62-66-70-76(81)75(74-80)79-77(82)71-67-63-59-55-51-48-44-41-38-35-32-29-26-24-23-25-27-30-33-36-39-42-45-49-53-57-61-65-69-73-84-78(83)72-68-64-60-56-52-46-16-14-12-10-8-6-4-2/h8,10,14,16,66,70,75-76,80-81H,3-7,9,11-13,15,17-65,67-69,71-74H2,1-2H3,(H,79,82)/b10-8-,16-14-,70-66+. The lowest BCUT2D eigenvalue weighted by atomic mass is 10.0. The number of ether oxygens (including phenoxy) is 1. The Morgan fingerprint density at radius 1 is 0.333 bits per heavy atom. The van der Waals surface area contributed by atoms with Crippen LogP contribution in [0.2, 0.25) is 0 Å². The second kappa shape index (κ2) is 73.5. The summed E-state index contributed by atoms with van der Waals surface area (Å²) in [6.45, 7) is 4.88. The number of nitrogens with one attached hydrogen (secondary N) is 1. The van der Waals surface area contributed by atoms with Gasteiger partial charge in [-0.25, -0.2) is 0 Å². The van der Waals surface area contributed by atoms with E-state index in [1.165, 1.54) is 347 Å². The molecule has 2 unspecified atom stereocenters. The largest absolute Gasteiger partial charge is 0.466 e. The van der Waals surface area contributed by atoms with E-state index in [4.69, 9.17) is 4.74 Å². The van der Waals surface area contributed by atoms with Gasteiger partial charge in [-0.2, -0.15) is 0 Å². The minimum atomic E-state index is -0.844. The summed E-state index contributed by atoms with van der Waals surface area (Å²) in [7, 11) is 0. The van der Waals surface area contributed by atoms with Crippen LogP contribution in [0.25, 0.3) is 0 Å². The third-order valence-corrected chi connectivity index (χ3v) is 17.9. The zero-order valence-corrected chi connectivity index (χ0v) is 56.9. The number of carbonyl (C=O) groups is 2. The van der Waals surface area contributed by atoms with Crippen LogP contribution >= 0.6 is 0 Å². The zero-order valence-electron chi connectivity index (χ0n) is 56.9. The van der Waals surface area contributed by atoms with Gasteiger partial charge in [0.25, 0.3) is 0 Å². The summed E-state index contributed by atoms with van der Waals surface area (Å²) < 4.78 is 5.48. The number of carbonyl (C=O) groups excluding carboxylic acids is 2. The van der Waals surface area contributed by atoms with Gasteiger partial charge in [0.2, 0.25) is 5.91 Å². The first-order chi connectivity index (χ1) is 41.5. The summed E-state index contributed by atoms with van der Waals surface area (Å²) >= 11 is 0. The van der Waals surface area contributed by atoms with E-state index >= 15 is 0 Å². The molecule has 0 rings (SSSR count). The van der Waals surface area contributed by atoms with Crippen LogP contribution in [0, 0.1) is 0 Å². The van der Waals surface area contributed by atoms with Crippen LogP contribution in [0.5, 0.6) is 0 Å². The Balaban J connectivity index is 3.37. The number of rotatable bonds is 72. The molecular formula is C78H149NO5. The normalized spacial score (nSPS) is 12.7. The van der Waals surface area contributed by atoms with Crippen molar-refractivity contribution in [3.8, 4) is 0 Å². The van der Waals surface area contributed by atoms with E-state index in [1.54, 1.807) is 6.08 Å². The molecule has 0 aromatic rings. The summed E-state index contributed by atoms with van der Waals surface area (Å²) in [5, 5.41) is 23.3. The molecule has 6 nitrogen and oxygen atoms in total. The lowest BCUT2D eigenvalue weighted by Crippen LogP contribution is -2.45. The van der Waals surface area contributed by atoms with Crippen LogP contribution in [0.15, 0.2) is 36.5 Å². The van der Waals surface area contributed by atoms with Crippen molar-refractivity contribution in [2.24, 2.45) is 0 Å². The number of allylic oxidation sites excluding steroid dienone is 5. The second-order valence-corrected chi connectivity index (χ2v) is 26.3. The van der Waals surface area contributed by atoms with Gasteiger partial charge in [-0.15, -0.1) is 0 Å². The van der Waals surface area contributed by atoms with Crippen molar-refractivity contribution in [1.29, 1.82) is 0 Å². The molecule has 0 aliphatic rings. The van der Waals surface area contributed by atoms with E-state index in [2.05, 4.69) is 43.5 Å². The Kier molecular flexibility index (Phi) is 71.9. The van der Waals surface area contributed by atoms with Gasteiger partial charge in [-0.3, -0.25) is 9.59 Å². The zero-order chi connectivity index (χ0) is 60.6. The number of aliphatic hydroxyl groups is 2. The van der Waals surface area contributed by atoms with E-state index in [1.807, 2.05) is 6.08 Å². The van der Waals surface area contributed by atoms with Crippen molar-refractivity contribution in [2.45, 2.75) is 437 Å². The Morgan fingerprint density at radius 2 is 0.619 bits per heavy atom. The smallest absolute Gasteiger partial charge is 0.305 e. The first-order valence-electron chi connectivity index (χ1n) is 38.3. The molecule has 1 amide bonds. The molecule has 496 valence electrons. The monoisotopic (exact) mass is 1180 g/mol. The third kappa shape index (κ3) is 69.2. The first-order valence-corrected chi connectivity index (χ1v) is 38.3. The number of unbranched alkanes of at least 4 members (excludes halogenated alkanes) is 57. The number of hydrogen-bond acceptors (Lipinski definition) is 5. The Bertz CT molecular complexity index is 1360. The van der Waals surface area contributed by atoms with E-state index in [9.17, 15) is 19.8 Å². The van der Waals surface area contributed by atoms with E-state index < -0.39 is 12.1 Å². The maximum Gasteiger partial charge on any atom is 0.305 e. The molecule has 0 heterocycles. The van der Waals surface area contributed by atoms with Gasteiger partial charge >= 0.3 is 5.97 Å². The number of esters is 1. The first kappa shape index (κ1) is 82.1. The quantitative estimate of drug-likeness (QED) is 0.0320. The molecule has 0 radical (unpaired) electrons. The molecule has 0 aliphatic heterocycles. The van der Waals surface area contributed by atoms with Gasteiger partial charge in [0, 0.05) is 12.8 Å². The fourth-order valence-corrected chi connectivity index (χ4v) is 12.1. The molecular weight excluding hydrogens is 1030 g/mol. The SMILES string of the molecule is CCC/C=C\C/C=C\CCCCCCCC(=O)OCCCCCCCCCCCCCCCCCCCCCCCCCCCCCCCC(=O)NC(CO)C(O)/C=C/CCCCCCCCCCCCCCCCCCCCCCCCC. The predicted octanol–water partition coefficient (Wildman–Crippen LogP) is 25.0. The molecule has 84 heavy (non-hydrogen) atoms. The summed E-state index contributed by atoms with van der Waals surface area (Å²) in [5.74, 6) is -0.0553. The number of aliphatic hydroxyl groups excluding tert-OH is 2. The minimum Gasteiger partial charge on any atom is -0.466 e. The Morgan fingerprint density at radius 3 is 0.952 bits per heavy atom. The average molecular weight is 1180 g/mol. The van der Waals surface area contributed by atoms with Gasteiger partial charge in [0.05, 0.1) is 25.4 Å². The minimum absolute atomic E-state index is 0.00433. The average Bonchev–Trinajstić information content (AvgIpc) is 3.51. The summed E-state index contributed by atoms with van der Waals surface area (Å²) in [6, 6.07) is -0.627. The van der Waals surface area contributed by atoms with Crippen molar-refractivity contribution in [3.63, 3.8) is 0 Å². The van der Waals surface area contributed by atoms with Gasteiger partial charge in [0.15, 0.2) is 0 Å². The lowest BCUT2D eigenvalue weighted by Gasteiger charge is -2.20. The van der Waals surface area contributed by atoms with E-state index in [0.717, 1.165) is 51.4 Å². The van der Waals surface area contributed by atoms with Crippen molar-refractivity contribution >= 4 is 11.9 Å². The van der Waals surface area contributed by atoms with E-state index in [0.29, 0.717) is 19.4 Å². The highest BCUT2D eigenvalue weighted by Crippen LogP contribution is 2.20. The van der Waals surface area contributed by atoms with Crippen molar-refractivity contribution < 1.29 is 24.5 Å². The molecule has 0 bridgehead atoms. The second-order valence-electron chi connectivity index (χ2n) is 26.3. The highest BCUT2D eigenvalue weighted by atomic mass is 16.5. The highest BCUT2D eigenvalue weighted by molar-refractivity contribution is 5.76. The van der Waals surface area contributed by atoms with Crippen LogP contribution in [-0.4, -0.2) is 47.4 Å². The van der Waals surface area contributed by atoms with Gasteiger partial charge in [-0.05, 0) is 57.8 Å². The third-order valence-electron chi connectivity index (χ3n) is 17.9. The molecule has 0 aliphatic carbocycles. The Hall–Kier alpha value is -1.92. The maximum absolute atomic E-state index is 12.6. The molecule has 0 spiro atoms. The highest BCUT2D eigenvalue weighted by Gasteiger charge is 2.18. The lowest BCUT2D eigenvalue weighted by molar-refractivity contribution is -0.143. The molecule has 0 fully saturated rings. The van der Waals surface area contributed by atoms with Crippen LogP contribution in [0.4, 0.5) is 0 Å². The summed E-state index contributed by atoms with van der Waals surface area (Å²) in [4.78, 5) is 24.6. The molecule has 0 saturated heterocycles. The molecule has 0 aromatic heterocycles.